The SMILES string of the molecule is COC[C@@H]1CCCN1C[C@H]1C[C@@H](c2ccc(CO)cc2)O[C@@H](c2ccc(-c3cccc(CNC(=O)CCCCCC(=O)Nc4ccccc4N)c3)cc2)O1. The molecule has 2 heterocycles. The molecule has 2 aliphatic rings. The molecule has 6 rings (SSSR count). The zero-order valence-electron chi connectivity index (χ0n) is 31.3. The lowest BCUT2D eigenvalue weighted by atomic mass is 9.98. The number of anilines is 2. The number of rotatable bonds is 17. The van der Waals surface area contributed by atoms with Crippen LogP contribution in [0.25, 0.3) is 11.1 Å². The molecule has 5 N–H and O–H groups in total. The summed E-state index contributed by atoms with van der Waals surface area (Å²) in [5.41, 5.74) is 13.1. The van der Waals surface area contributed by atoms with E-state index in [2.05, 4.69) is 51.9 Å². The van der Waals surface area contributed by atoms with Crippen molar-refractivity contribution in [1.29, 1.82) is 0 Å². The van der Waals surface area contributed by atoms with E-state index in [1.807, 2.05) is 48.5 Å². The summed E-state index contributed by atoms with van der Waals surface area (Å²) < 4.78 is 18.8. The third kappa shape index (κ3) is 11.0. The summed E-state index contributed by atoms with van der Waals surface area (Å²) in [7, 11) is 1.77. The van der Waals surface area contributed by atoms with E-state index < -0.39 is 6.29 Å². The molecule has 0 unspecified atom stereocenters. The van der Waals surface area contributed by atoms with Crippen LogP contribution in [0.3, 0.4) is 0 Å². The molecule has 0 radical (unpaired) electrons. The predicted octanol–water partition coefficient (Wildman–Crippen LogP) is 7.29. The first-order valence-corrected chi connectivity index (χ1v) is 19.2. The monoisotopic (exact) mass is 734 g/mol. The van der Waals surface area contributed by atoms with Crippen LogP contribution in [0.2, 0.25) is 0 Å². The molecule has 0 aliphatic carbocycles. The number of aliphatic hydroxyl groups is 1. The Kier molecular flexibility index (Phi) is 14.2. The average Bonchev–Trinajstić information content (AvgIpc) is 3.64. The number of likely N-dealkylation sites (tertiary alicyclic amines) is 1. The maximum atomic E-state index is 12.6. The lowest BCUT2D eigenvalue weighted by molar-refractivity contribution is -0.253. The number of unbranched alkanes of at least 4 members (excludes halogenated alkanes) is 2. The molecule has 2 fully saturated rings. The van der Waals surface area contributed by atoms with Crippen molar-refractivity contribution < 1.29 is 28.9 Å². The second-order valence-corrected chi connectivity index (χ2v) is 14.4. The van der Waals surface area contributed by atoms with Gasteiger partial charge in [0.05, 0.1) is 36.8 Å². The quantitative estimate of drug-likeness (QED) is 0.0657. The van der Waals surface area contributed by atoms with E-state index in [0.717, 1.165) is 85.2 Å². The Morgan fingerprint density at radius 2 is 1.61 bits per heavy atom. The minimum Gasteiger partial charge on any atom is -0.397 e. The number of nitrogens with two attached hydrogens (primary N) is 1. The molecule has 2 aliphatic heterocycles. The molecule has 0 aromatic heterocycles. The van der Waals surface area contributed by atoms with E-state index in [0.29, 0.717) is 43.2 Å². The van der Waals surface area contributed by atoms with Gasteiger partial charge in [-0.05, 0) is 78.2 Å². The van der Waals surface area contributed by atoms with Gasteiger partial charge in [-0.15, -0.1) is 0 Å². The van der Waals surface area contributed by atoms with Gasteiger partial charge in [-0.2, -0.15) is 0 Å². The van der Waals surface area contributed by atoms with Gasteiger partial charge in [-0.1, -0.05) is 85.3 Å². The summed E-state index contributed by atoms with van der Waals surface area (Å²) in [4.78, 5) is 27.3. The van der Waals surface area contributed by atoms with Crippen LogP contribution in [0, 0.1) is 0 Å². The van der Waals surface area contributed by atoms with Gasteiger partial charge >= 0.3 is 0 Å². The highest BCUT2D eigenvalue weighted by Crippen LogP contribution is 2.39. The lowest BCUT2D eigenvalue weighted by Gasteiger charge is -2.38. The van der Waals surface area contributed by atoms with Crippen molar-refractivity contribution >= 4 is 23.2 Å². The second-order valence-electron chi connectivity index (χ2n) is 14.4. The molecule has 0 spiro atoms. The van der Waals surface area contributed by atoms with E-state index in [9.17, 15) is 14.7 Å². The van der Waals surface area contributed by atoms with Gasteiger partial charge in [-0.25, -0.2) is 0 Å². The first-order chi connectivity index (χ1) is 26.4. The van der Waals surface area contributed by atoms with Crippen molar-refractivity contribution in [3.05, 3.63) is 119 Å². The highest BCUT2D eigenvalue weighted by Gasteiger charge is 2.35. The molecule has 4 aromatic rings. The van der Waals surface area contributed by atoms with Crippen LogP contribution in [0.15, 0.2) is 97.1 Å². The van der Waals surface area contributed by atoms with Gasteiger partial charge in [0.15, 0.2) is 6.29 Å². The zero-order valence-corrected chi connectivity index (χ0v) is 31.3. The first-order valence-electron chi connectivity index (χ1n) is 19.2. The van der Waals surface area contributed by atoms with Crippen molar-refractivity contribution in [3.8, 4) is 11.1 Å². The number of methoxy groups -OCH3 is 1. The summed E-state index contributed by atoms with van der Waals surface area (Å²) in [6.07, 6.45) is 5.41. The van der Waals surface area contributed by atoms with Gasteiger partial charge in [-0.3, -0.25) is 14.5 Å². The van der Waals surface area contributed by atoms with Gasteiger partial charge in [0, 0.05) is 51.1 Å². The van der Waals surface area contributed by atoms with E-state index in [-0.39, 0.29) is 30.6 Å². The van der Waals surface area contributed by atoms with Gasteiger partial charge in [0.25, 0.3) is 0 Å². The maximum Gasteiger partial charge on any atom is 0.224 e. The normalized spacial score (nSPS) is 20.1. The lowest BCUT2D eigenvalue weighted by Crippen LogP contribution is -2.42. The summed E-state index contributed by atoms with van der Waals surface area (Å²) in [6, 6.07) is 32.2. The van der Waals surface area contributed by atoms with Crippen molar-refractivity contribution in [3.63, 3.8) is 0 Å². The first kappa shape index (κ1) is 39.1. The molecular formula is C44H54N4O6. The Hall–Kier alpha value is -4.58. The number of nitrogens with one attached hydrogen (secondary N) is 2. The van der Waals surface area contributed by atoms with Crippen LogP contribution in [-0.2, 0) is 37.0 Å². The van der Waals surface area contributed by atoms with E-state index in [4.69, 9.17) is 19.9 Å². The van der Waals surface area contributed by atoms with Crippen molar-refractivity contribution in [1.82, 2.24) is 10.2 Å². The Bertz CT molecular complexity index is 1800. The highest BCUT2D eigenvalue weighted by atomic mass is 16.7. The molecule has 10 nitrogen and oxygen atoms in total. The Morgan fingerprint density at radius 1 is 0.852 bits per heavy atom. The number of nitrogens with zero attached hydrogens (tertiary/aromatic N) is 1. The zero-order chi connectivity index (χ0) is 37.7. The van der Waals surface area contributed by atoms with E-state index >= 15 is 0 Å². The number of hydrogen-bond acceptors (Lipinski definition) is 8. The number of ether oxygens (including phenoxy) is 3. The van der Waals surface area contributed by atoms with Crippen molar-refractivity contribution in [2.45, 2.75) is 89.1 Å². The van der Waals surface area contributed by atoms with Crippen LogP contribution in [-0.4, -0.2) is 60.8 Å². The summed E-state index contributed by atoms with van der Waals surface area (Å²) >= 11 is 0. The molecular weight excluding hydrogens is 681 g/mol. The Morgan fingerprint density at radius 3 is 2.37 bits per heavy atom. The molecule has 54 heavy (non-hydrogen) atoms. The predicted molar refractivity (Wildman–Crippen MR) is 211 cm³/mol. The number of hydrogen-bond donors (Lipinski definition) is 4. The number of para-hydroxylation sites is 2. The molecule has 2 saturated heterocycles. The Balaban J connectivity index is 1.00. The third-order valence-corrected chi connectivity index (χ3v) is 10.4. The minimum atomic E-state index is -0.517. The topological polar surface area (TPSA) is 135 Å². The molecule has 10 heteroatoms. The molecule has 0 bridgehead atoms. The van der Waals surface area contributed by atoms with Gasteiger partial charge in [0.2, 0.25) is 11.8 Å². The number of aliphatic hydroxyl groups excluding tert-OH is 1. The number of amides is 2. The number of nitrogen functional groups attached to an aromatic ring is 1. The van der Waals surface area contributed by atoms with Gasteiger partial charge < -0.3 is 35.7 Å². The molecule has 2 amide bonds. The van der Waals surface area contributed by atoms with Crippen LogP contribution >= 0.6 is 0 Å². The maximum absolute atomic E-state index is 12.6. The molecule has 4 aromatic carbocycles. The summed E-state index contributed by atoms with van der Waals surface area (Å²) in [5, 5.41) is 15.5. The molecule has 0 saturated carbocycles. The number of benzene rings is 4. The van der Waals surface area contributed by atoms with Crippen LogP contribution in [0.4, 0.5) is 11.4 Å². The van der Waals surface area contributed by atoms with Crippen LogP contribution < -0.4 is 16.4 Å². The number of carbonyl (C=O) groups is 2. The van der Waals surface area contributed by atoms with Crippen LogP contribution in [0.1, 0.15) is 86.0 Å². The Labute approximate surface area is 319 Å². The second kappa shape index (κ2) is 19.7. The fraction of sp³-hybridized carbons (Fsp3) is 0.409. The minimum absolute atomic E-state index is 0.00125. The van der Waals surface area contributed by atoms with E-state index in [1.54, 1.807) is 19.2 Å². The number of carbonyl (C=O) groups excluding carboxylic acids is 2. The smallest absolute Gasteiger partial charge is 0.224 e. The largest absolute Gasteiger partial charge is 0.397 e. The van der Waals surface area contributed by atoms with Crippen molar-refractivity contribution in [2.24, 2.45) is 0 Å². The fourth-order valence-corrected chi connectivity index (χ4v) is 7.37. The standard InChI is InChI=1S/C44H54N4O6/c1-52-30-37-11-8-24-48(37)28-38-26-41(34-18-16-31(29-49)17-19-34)54-44(53-38)35-22-20-33(21-23-35)36-10-7-9-32(25-36)27-46-42(50)14-3-2-4-15-43(51)47-40-13-6-5-12-39(40)45/h5-7,9-10,12-13,16-23,25,37-38,41,44,49H,2-4,8,11,14-15,24,26-30,45H2,1H3,(H,46,50)(H,47,51)/t37-,38+,41-,44-/m0/s1. The highest BCUT2D eigenvalue weighted by molar-refractivity contribution is 5.93. The summed E-state index contributed by atoms with van der Waals surface area (Å²) in [5.74, 6) is -0.0744. The van der Waals surface area contributed by atoms with Gasteiger partial charge in [0.1, 0.15) is 0 Å². The van der Waals surface area contributed by atoms with Crippen LogP contribution in [0.5, 0.6) is 0 Å². The average molecular weight is 735 g/mol. The summed E-state index contributed by atoms with van der Waals surface area (Å²) in [6.45, 7) is 3.05. The molecule has 4 atom stereocenters. The van der Waals surface area contributed by atoms with Crippen molar-refractivity contribution in [2.75, 3.05) is 37.9 Å². The third-order valence-electron chi connectivity index (χ3n) is 10.4. The molecule has 286 valence electrons. The van der Waals surface area contributed by atoms with E-state index in [1.165, 1.54) is 0 Å². The fourth-order valence-electron chi connectivity index (χ4n) is 7.37.